The van der Waals surface area contributed by atoms with Gasteiger partial charge in [-0.15, -0.1) is 12.4 Å². The fourth-order valence-corrected chi connectivity index (χ4v) is 2.36. The lowest BCUT2D eigenvalue weighted by molar-refractivity contribution is -0.135. The lowest BCUT2D eigenvalue weighted by atomic mass is 10.2. The average Bonchev–Trinajstić information content (AvgIpc) is 2.48. The minimum Gasteiger partial charge on any atom is -0.383 e. The summed E-state index contributed by atoms with van der Waals surface area (Å²) in [5.41, 5.74) is 6.98. The Morgan fingerprint density at radius 3 is 2.71 bits per heavy atom. The molecule has 7 heteroatoms. The molecule has 2 rings (SSSR count). The van der Waals surface area contributed by atoms with Gasteiger partial charge >= 0.3 is 0 Å². The van der Waals surface area contributed by atoms with E-state index in [4.69, 9.17) is 10.5 Å². The second kappa shape index (κ2) is 8.94. The predicted octanol–water partition coefficient (Wildman–Crippen LogP) is 0.121. The zero-order valence-electron chi connectivity index (χ0n) is 12.3. The largest absolute Gasteiger partial charge is 0.383 e. The molecule has 1 aromatic heterocycles. The van der Waals surface area contributed by atoms with E-state index in [0.717, 1.165) is 32.7 Å². The number of halogens is 1. The van der Waals surface area contributed by atoms with Crippen molar-refractivity contribution >= 4 is 18.3 Å². The summed E-state index contributed by atoms with van der Waals surface area (Å²) in [5.74, 6) is -0.0205. The van der Waals surface area contributed by atoms with Crippen LogP contribution in [0, 0.1) is 0 Å². The highest BCUT2D eigenvalue weighted by Crippen LogP contribution is 2.08. The third-order valence-corrected chi connectivity index (χ3v) is 3.48. The SMILES string of the molecule is COCC(N)C(=O)N1CCN(Cc2cccnc2)CC1.Cl. The molecule has 0 spiro atoms. The van der Waals surface area contributed by atoms with Gasteiger partial charge in [-0.2, -0.15) is 0 Å². The van der Waals surface area contributed by atoms with E-state index in [2.05, 4.69) is 16.0 Å². The number of ether oxygens (including phenoxy) is 1. The summed E-state index contributed by atoms with van der Waals surface area (Å²) in [4.78, 5) is 20.3. The van der Waals surface area contributed by atoms with Crippen LogP contribution in [0.4, 0.5) is 0 Å². The van der Waals surface area contributed by atoms with Crippen molar-refractivity contribution in [3.63, 3.8) is 0 Å². The maximum atomic E-state index is 12.0. The van der Waals surface area contributed by atoms with Gasteiger partial charge < -0.3 is 15.4 Å². The van der Waals surface area contributed by atoms with Crippen molar-refractivity contribution in [1.82, 2.24) is 14.8 Å². The van der Waals surface area contributed by atoms with Crippen molar-refractivity contribution in [2.45, 2.75) is 12.6 Å². The third kappa shape index (κ3) is 5.24. The summed E-state index contributed by atoms with van der Waals surface area (Å²) in [6, 6.07) is 3.46. The summed E-state index contributed by atoms with van der Waals surface area (Å²) < 4.78 is 4.93. The Balaban J connectivity index is 0.00000220. The molecule has 1 atom stereocenters. The molecule has 0 saturated carbocycles. The Hall–Kier alpha value is -1.21. The van der Waals surface area contributed by atoms with Crippen LogP contribution in [0.1, 0.15) is 5.56 Å². The number of amides is 1. The van der Waals surface area contributed by atoms with E-state index in [1.54, 1.807) is 13.3 Å². The van der Waals surface area contributed by atoms with Crippen LogP contribution in [0.2, 0.25) is 0 Å². The second-order valence-corrected chi connectivity index (χ2v) is 5.02. The fraction of sp³-hybridized carbons (Fsp3) is 0.571. The van der Waals surface area contributed by atoms with Crippen LogP contribution in [-0.4, -0.2) is 66.6 Å². The molecule has 118 valence electrons. The zero-order valence-corrected chi connectivity index (χ0v) is 13.1. The van der Waals surface area contributed by atoms with E-state index < -0.39 is 6.04 Å². The molecule has 0 aliphatic carbocycles. The number of pyridine rings is 1. The van der Waals surface area contributed by atoms with Crippen molar-refractivity contribution in [2.75, 3.05) is 39.9 Å². The molecule has 1 aliphatic rings. The predicted molar refractivity (Wildman–Crippen MR) is 83.2 cm³/mol. The summed E-state index contributed by atoms with van der Waals surface area (Å²) in [5, 5.41) is 0. The summed E-state index contributed by atoms with van der Waals surface area (Å²) in [6.45, 7) is 4.31. The van der Waals surface area contributed by atoms with E-state index in [-0.39, 0.29) is 24.9 Å². The van der Waals surface area contributed by atoms with Gasteiger partial charge in [0.05, 0.1) is 6.61 Å². The lowest BCUT2D eigenvalue weighted by Gasteiger charge is -2.35. The van der Waals surface area contributed by atoms with Crippen LogP contribution in [0.3, 0.4) is 0 Å². The molecule has 1 amide bonds. The number of nitrogens with two attached hydrogens (primary N) is 1. The molecule has 1 aromatic rings. The molecule has 0 bridgehead atoms. The van der Waals surface area contributed by atoms with Crippen molar-refractivity contribution in [3.8, 4) is 0 Å². The molecule has 1 aliphatic heterocycles. The highest BCUT2D eigenvalue weighted by atomic mass is 35.5. The second-order valence-electron chi connectivity index (χ2n) is 5.02. The van der Waals surface area contributed by atoms with Crippen LogP contribution in [0.25, 0.3) is 0 Å². The lowest BCUT2D eigenvalue weighted by Crippen LogP contribution is -2.53. The van der Waals surface area contributed by atoms with Crippen LogP contribution < -0.4 is 5.73 Å². The van der Waals surface area contributed by atoms with Crippen molar-refractivity contribution in [2.24, 2.45) is 5.73 Å². The zero-order chi connectivity index (χ0) is 14.4. The Labute approximate surface area is 131 Å². The maximum absolute atomic E-state index is 12.0. The van der Waals surface area contributed by atoms with Crippen LogP contribution in [0.15, 0.2) is 24.5 Å². The van der Waals surface area contributed by atoms with Gasteiger partial charge in [-0.3, -0.25) is 14.7 Å². The smallest absolute Gasteiger partial charge is 0.241 e. The maximum Gasteiger partial charge on any atom is 0.241 e. The van der Waals surface area contributed by atoms with Crippen LogP contribution in [-0.2, 0) is 16.1 Å². The molecule has 1 unspecified atom stereocenters. The molecule has 0 radical (unpaired) electrons. The Morgan fingerprint density at radius 1 is 1.43 bits per heavy atom. The van der Waals surface area contributed by atoms with Gasteiger partial charge in [0, 0.05) is 52.2 Å². The highest BCUT2D eigenvalue weighted by molar-refractivity contribution is 5.85. The number of aromatic nitrogens is 1. The number of rotatable bonds is 5. The number of hydrogen-bond acceptors (Lipinski definition) is 5. The summed E-state index contributed by atoms with van der Waals surface area (Å²) in [6.07, 6.45) is 3.66. The normalized spacial score (nSPS) is 17.1. The van der Waals surface area contributed by atoms with E-state index >= 15 is 0 Å². The van der Waals surface area contributed by atoms with Gasteiger partial charge in [0.2, 0.25) is 5.91 Å². The van der Waals surface area contributed by atoms with E-state index in [0.29, 0.717) is 0 Å². The number of carbonyl (C=O) groups excluding carboxylic acids is 1. The fourth-order valence-electron chi connectivity index (χ4n) is 2.36. The molecule has 2 heterocycles. The van der Waals surface area contributed by atoms with Crippen molar-refractivity contribution in [1.29, 1.82) is 0 Å². The monoisotopic (exact) mass is 314 g/mol. The summed E-state index contributed by atoms with van der Waals surface area (Å²) in [7, 11) is 1.55. The molecule has 21 heavy (non-hydrogen) atoms. The molecule has 2 N–H and O–H groups in total. The standard InChI is InChI=1S/C14H22N4O2.ClH/c1-20-11-13(15)14(19)18-7-5-17(6-8-18)10-12-3-2-4-16-9-12;/h2-4,9,13H,5-8,10-11,15H2,1H3;1H. The first kappa shape index (κ1) is 17.8. The van der Waals surface area contributed by atoms with Gasteiger partial charge in [-0.1, -0.05) is 6.07 Å². The number of nitrogens with zero attached hydrogens (tertiary/aromatic N) is 3. The number of carbonyl (C=O) groups is 1. The molecule has 1 fully saturated rings. The first-order chi connectivity index (χ1) is 9.70. The molecule has 0 aromatic carbocycles. The van der Waals surface area contributed by atoms with E-state index in [9.17, 15) is 4.79 Å². The Bertz CT molecular complexity index is 424. The molecule has 1 saturated heterocycles. The highest BCUT2D eigenvalue weighted by Gasteiger charge is 2.25. The van der Waals surface area contributed by atoms with Gasteiger partial charge in [0.1, 0.15) is 6.04 Å². The number of piperazine rings is 1. The van der Waals surface area contributed by atoms with Crippen molar-refractivity contribution < 1.29 is 9.53 Å². The molecular formula is C14H23ClN4O2. The molecule has 6 nitrogen and oxygen atoms in total. The first-order valence-corrected chi connectivity index (χ1v) is 6.85. The number of hydrogen-bond donors (Lipinski definition) is 1. The minimum atomic E-state index is -0.551. The van der Waals surface area contributed by atoms with Gasteiger partial charge in [-0.05, 0) is 11.6 Å². The Morgan fingerprint density at radius 2 is 2.14 bits per heavy atom. The summed E-state index contributed by atoms with van der Waals surface area (Å²) >= 11 is 0. The minimum absolute atomic E-state index is 0. The van der Waals surface area contributed by atoms with Crippen LogP contribution in [0.5, 0.6) is 0 Å². The van der Waals surface area contributed by atoms with E-state index in [1.165, 1.54) is 5.56 Å². The van der Waals surface area contributed by atoms with Gasteiger partial charge in [-0.25, -0.2) is 0 Å². The topological polar surface area (TPSA) is 71.7 Å². The number of methoxy groups -OCH3 is 1. The van der Waals surface area contributed by atoms with Crippen LogP contribution >= 0.6 is 12.4 Å². The Kier molecular flexibility index (Phi) is 7.60. The third-order valence-electron chi connectivity index (χ3n) is 3.48. The first-order valence-electron chi connectivity index (χ1n) is 6.85. The van der Waals surface area contributed by atoms with Crippen molar-refractivity contribution in [3.05, 3.63) is 30.1 Å². The molecular weight excluding hydrogens is 292 g/mol. The average molecular weight is 315 g/mol. The van der Waals surface area contributed by atoms with E-state index in [1.807, 2.05) is 17.2 Å². The van der Waals surface area contributed by atoms with Gasteiger partial charge in [0.25, 0.3) is 0 Å². The van der Waals surface area contributed by atoms with Gasteiger partial charge in [0.15, 0.2) is 0 Å². The quantitative estimate of drug-likeness (QED) is 0.836.